The van der Waals surface area contributed by atoms with Crippen molar-refractivity contribution in [1.82, 2.24) is 0 Å². The van der Waals surface area contributed by atoms with E-state index in [1.807, 2.05) is 6.08 Å². The lowest BCUT2D eigenvalue weighted by Gasteiger charge is -1.79. The maximum Gasteiger partial charge on any atom is 0.00299 e. The third kappa shape index (κ3) is 6.21. The van der Waals surface area contributed by atoms with Crippen molar-refractivity contribution < 1.29 is 0 Å². The first-order chi connectivity index (χ1) is 3.91. The van der Waals surface area contributed by atoms with Gasteiger partial charge in [-0.05, 0) is 12.8 Å². The van der Waals surface area contributed by atoms with Crippen molar-refractivity contribution in [3.05, 3.63) is 24.8 Å². The van der Waals surface area contributed by atoms with Gasteiger partial charge in [0.25, 0.3) is 0 Å². The molecule has 0 atom stereocenters. The van der Waals surface area contributed by atoms with Gasteiger partial charge in [0.1, 0.15) is 0 Å². The van der Waals surface area contributed by atoms with Crippen LogP contribution in [0, 0.1) is 0 Å². The standard InChI is InChI=1S/C7H11I/c1-2-3-4-5-6-7-8/h2,4-5H,1,3,6-7H2/b5-4-. The molecule has 0 aliphatic rings. The fourth-order valence-corrected chi connectivity index (χ4v) is 0.733. The summed E-state index contributed by atoms with van der Waals surface area (Å²) in [6, 6.07) is 0. The molecule has 0 heterocycles. The molecule has 0 aliphatic heterocycles. The van der Waals surface area contributed by atoms with Gasteiger partial charge in [0.15, 0.2) is 0 Å². The van der Waals surface area contributed by atoms with E-state index in [9.17, 15) is 0 Å². The number of alkyl halides is 1. The van der Waals surface area contributed by atoms with E-state index in [4.69, 9.17) is 0 Å². The van der Waals surface area contributed by atoms with Gasteiger partial charge in [-0.15, -0.1) is 6.58 Å². The number of rotatable bonds is 4. The third-order valence-electron chi connectivity index (χ3n) is 0.745. The van der Waals surface area contributed by atoms with Crippen molar-refractivity contribution in [3.63, 3.8) is 0 Å². The van der Waals surface area contributed by atoms with Gasteiger partial charge < -0.3 is 0 Å². The van der Waals surface area contributed by atoms with Crippen LogP contribution < -0.4 is 0 Å². The second kappa shape index (κ2) is 7.21. The second-order valence-electron chi connectivity index (χ2n) is 1.47. The summed E-state index contributed by atoms with van der Waals surface area (Å²) in [5, 5.41) is 0. The van der Waals surface area contributed by atoms with E-state index in [1.54, 1.807) is 0 Å². The van der Waals surface area contributed by atoms with E-state index in [0.717, 1.165) is 6.42 Å². The monoisotopic (exact) mass is 222 g/mol. The highest BCUT2D eigenvalue weighted by atomic mass is 127. The summed E-state index contributed by atoms with van der Waals surface area (Å²) in [6.45, 7) is 3.61. The van der Waals surface area contributed by atoms with Gasteiger partial charge in [0, 0.05) is 4.43 Å². The summed E-state index contributed by atoms with van der Waals surface area (Å²) in [4.78, 5) is 0. The Morgan fingerprint density at radius 1 is 1.38 bits per heavy atom. The third-order valence-corrected chi connectivity index (χ3v) is 1.37. The smallest absolute Gasteiger partial charge is 0.00299 e. The average Bonchev–Trinajstić information content (AvgIpc) is 1.81. The maximum absolute atomic E-state index is 3.61. The Morgan fingerprint density at radius 3 is 2.62 bits per heavy atom. The van der Waals surface area contributed by atoms with E-state index < -0.39 is 0 Å². The average molecular weight is 222 g/mol. The zero-order valence-electron chi connectivity index (χ0n) is 4.94. The van der Waals surface area contributed by atoms with Crippen molar-refractivity contribution in [2.45, 2.75) is 12.8 Å². The highest BCUT2D eigenvalue weighted by molar-refractivity contribution is 14.1. The minimum Gasteiger partial charge on any atom is -0.103 e. The van der Waals surface area contributed by atoms with Crippen molar-refractivity contribution in [3.8, 4) is 0 Å². The quantitative estimate of drug-likeness (QED) is 0.389. The molecule has 0 saturated heterocycles. The summed E-state index contributed by atoms with van der Waals surface area (Å²) in [5.41, 5.74) is 0. The van der Waals surface area contributed by atoms with E-state index in [-0.39, 0.29) is 0 Å². The van der Waals surface area contributed by atoms with Crippen LogP contribution in [0.4, 0.5) is 0 Å². The Hall–Kier alpha value is 0.210. The molecule has 0 aromatic carbocycles. The summed E-state index contributed by atoms with van der Waals surface area (Å²) in [5.74, 6) is 0. The van der Waals surface area contributed by atoms with Gasteiger partial charge in [0.2, 0.25) is 0 Å². The largest absolute Gasteiger partial charge is 0.103 e. The Bertz CT molecular complexity index is 74.5. The number of hydrogen-bond acceptors (Lipinski definition) is 0. The van der Waals surface area contributed by atoms with Crippen LogP contribution >= 0.6 is 22.6 Å². The molecule has 0 bridgehead atoms. The van der Waals surface area contributed by atoms with Crippen LogP contribution in [-0.2, 0) is 0 Å². The van der Waals surface area contributed by atoms with Crippen molar-refractivity contribution >= 4 is 22.6 Å². The Kier molecular flexibility index (Phi) is 7.40. The molecule has 0 saturated carbocycles. The van der Waals surface area contributed by atoms with E-state index in [2.05, 4.69) is 41.3 Å². The van der Waals surface area contributed by atoms with Crippen LogP contribution in [-0.4, -0.2) is 4.43 Å². The first-order valence-corrected chi connectivity index (χ1v) is 4.26. The molecule has 0 rings (SSSR count). The first kappa shape index (κ1) is 8.21. The minimum atomic E-state index is 1.01. The van der Waals surface area contributed by atoms with E-state index in [1.165, 1.54) is 10.8 Å². The van der Waals surface area contributed by atoms with Gasteiger partial charge >= 0.3 is 0 Å². The van der Waals surface area contributed by atoms with Crippen LogP contribution in [0.5, 0.6) is 0 Å². The Morgan fingerprint density at radius 2 is 2.12 bits per heavy atom. The molecule has 0 spiro atoms. The molecule has 1 heteroatoms. The van der Waals surface area contributed by atoms with Crippen molar-refractivity contribution in [1.29, 1.82) is 0 Å². The molecular weight excluding hydrogens is 211 g/mol. The van der Waals surface area contributed by atoms with Crippen LogP contribution in [0.25, 0.3) is 0 Å². The SMILES string of the molecule is C=CC/C=C\CCI. The predicted octanol–water partition coefficient (Wildman–Crippen LogP) is 2.94. The zero-order chi connectivity index (χ0) is 6.24. The lowest BCUT2D eigenvalue weighted by atomic mass is 10.3. The van der Waals surface area contributed by atoms with Crippen LogP contribution in [0.3, 0.4) is 0 Å². The molecule has 0 unspecified atom stereocenters. The normalized spacial score (nSPS) is 10.1. The van der Waals surface area contributed by atoms with Crippen molar-refractivity contribution in [2.75, 3.05) is 4.43 Å². The van der Waals surface area contributed by atoms with Crippen molar-refractivity contribution in [2.24, 2.45) is 0 Å². The number of halogens is 1. The molecule has 0 aliphatic carbocycles. The van der Waals surface area contributed by atoms with E-state index >= 15 is 0 Å². The van der Waals surface area contributed by atoms with Gasteiger partial charge in [-0.3, -0.25) is 0 Å². The molecule has 0 amide bonds. The molecule has 0 fully saturated rings. The number of hydrogen-bond donors (Lipinski definition) is 0. The zero-order valence-corrected chi connectivity index (χ0v) is 7.10. The fraction of sp³-hybridized carbons (Fsp3) is 0.429. The molecular formula is C7H11I. The van der Waals surface area contributed by atoms with Gasteiger partial charge in [0.05, 0.1) is 0 Å². The molecule has 0 radical (unpaired) electrons. The molecule has 0 nitrogen and oxygen atoms in total. The summed E-state index contributed by atoms with van der Waals surface area (Å²) in [7, 11) is 0. The lowest BCUT2D eigenvalue weighted by molar-refractivity contribution is 1.24. The van der Waals surface area contributed by atoms with Crippen LogP contribution in [0.15, 0.2) is 24.8 Å². The second-order valence-corrected chi connectivity index (χ2v) is 2.55. The topological polar surface area (TPSA) is 0 Å². The number of allylic oxidation sites excluding steroid dienone is 3. The molecule has 0 aromatic rings. The summed E-state index contributed by atoms with van der Waals surface area (Å²) < 4.78 is 1.21. The maximum atomic E-state index is 3.61. The highest BCUT2D eigenvalue weighted by Crippen LogP contribution is 1.91. The van der Waals surface area contributed by atoms with Crippen LogP contribution in [0.1, 0.15) is 12.8 Å². The molecule has 0 aromatic heterocycles. The van der Waals surface area contributed by atoms with Gasteiger partial charge in [-0.2, -0.15) is 0 Å². The predicted molar refractivity (Wildman–Crippen MR) is 47.5 cm³/mol. The Balaban J connectivity index is 2.94. The fourth-order valence-electron chi connectivity index (χ4n) is 0.373. The van der Waals surface area contributed by atoms with E-state index in [0.29, 0.717) is 0 Å². The summed E-state index contributed by atoms with van der Waals surface area (Å²) >= 11 is 2.36. The highest BCUT2D eigenvalue weighted by Gasteiger charge is 1.70. The first-order valence-electron chi connectivity index (χ1n) is 2.73. The minimum absolute atomic E-state index is 1.01. The Labute approximate surface area is 64.8 Å². The lowest BCUT2D eigenvalue weighted by Crippen LogP contribution is -1.63. The van der Waals surface area contributed by atoms with Gasteiger partial charge in [-0.1, -0.05) is 40.8 Å². The summed E-state index contributed by atoms with van der Waals surface area (Å²) in [6.07, 6.45) is 8.44. The molecule has 0 N–H and O–H groups in total. The van der Waals surface area contributed by atoms with Gasteiger partial charge in [-0.25, -0.2) is 0 Å². The van der Waals surface area contributed by atoms with Crippen LogP contribution in [0.2, 0.25) is 0 Å². The molecule has 8 heavy (non-hydrogen) atoms. The molecule has 46 valence electrons.